The van der Waals surface area contributed by atoms with E-state index in [1.54, 1.807) is 60.6 Å². The van der Waals surface area contributed by atoms with Crippen molar-refractivity contribution in [1.29, 1.82) is 0 Å². The number of esters is 2. The molecule has 6 rings (SSSR count). The van der Waals surface area contributed by atoms with Crippen molar-refractivity contribution in [2.24, 2.45) is 17.8 Å². The number of methoxy groups -OCH3 is 1. The van der Waals surface area contributed by atoms with Gasteiger partial charge in [0.25, 0.3) is 0 Å². The highest BCUT2D eigenvalue weighted by molar-refractivity contribution is 6.34. The molecular weight excluding hydrogens is 1030 g/mol. The van der Waals surface area contributed by atoms with E-state index in [9.17, 15) is 44.7 Å². The zero-order valence-electron chi connectivity index (χ0n) is 48.2. The number of halogens is 1. The van der Waals surface area contributed by atoms with Gasteiger partial charge in [-0.05, 0) is 120 Å². The summed E-state index contributed by atoms with van der Waals surface area (Å²) in [5.74, 6) is -4.72. The summed E-state index contributed by atoms with van der Waals surface area (Å²) < 4.78 is 46.7. The summed E-state index contributed by atoms with van der Waals surface area (Å²) in [4.78, 5) is 57.0. The largest absolute Gasteiger partial charge is 0.477 e. The molecule has 4 aliphatic rings. The van der Waals surface area contributed by atoms with Crippen LogP contribution in [-0.4, -0.2) is 203 Å². The Morgan fingerprint density at radius 1 is 0.949 bits per heavy atom. The number of aromatic carboxylic acids is 1. The third-order valence-electron chi connectivity index (χ3n) is 16.8. The van der Waals surface area contributed by atoms with Crippen molar-refractivity contribution in [3.05, 3.63) is 39.1 Å². The van der Waals surface area contributed by atoms with Crippen LogP contribution in [0.25, 0.3) is 10.9 Å². The number of likely N-dealkylation sites (N-methyl/N-ethyl adjacent to an activating group) is 2. The van der Waals surface area contributed by atoms with E-state index in [0.717, 1.165) is 12.8 Å². The van der Waals surface area contributed by atoms with Crippen molar-refractivity contribution in [2.45, 2.75) is 211 Å². The molecule has 4 fully saturated rings. The number of nitrogens with one attached hydrogen (secondary N) is 2. The molecule has 1 saturated carbocycles. The maximum absolute atomic E-state index is 14.6. The van der Waals surface area contributed by atoms with Crippen LogP contribution in [0, 0.1) is 17.8 Å². The molecule has 1 aromatic carbocycles. The lowest BCUT2D eigenvalue weighted by molar-refractivity contribution is -0.318. The zero-order chi connectivity index (χ0) is 57.9. The molecule has 22 heteroatoms. The molecular formula is C56H90ClN5O16. The molecule has 442 valence electrons. The first-order chi connectivity index (χ1) is 36.5. The lowest BCUT2D eigenvalue weighted by Gasteiger charge is -2.49. The number of aromatic nitrogens is 1. The first-order valence-corrected chi connectivity index (χ1v) is 28.1. The van der Waals surface area contributed by atoms with Gasteiger partial charge in [0, 0.05) is 75.3 Å². The van der Waals surface area contributed by atoms with E-state index in [4.69, 9.17) is 44.8 Å². The second kappa shape index (κ2) is 26.1. The highest BCUT2D eigenvalue weighted by Crippen LogP contribution is 2.42. The summed E-state index contributed by atoms with van der Waals surface area (Å²) >= 11 is 6.64. The molecule has 7 N–H and O–H groups in total. The smallest absolute Gasteiger partial charge is 0.341 e. The molecule has 1 aliphatic carbocycles. The predicted octanol–water partition coefficient (Wildman–Crippen LogP) is 4.54. The number of fused-ring (bicyclic) bond motifs is 1. The second-order valence-electron chi connectivity index (χ2n) is 23.7. The fourth-order valence-electron chi connectivity index (χ4n) is 12.1. The minimum absolute atomic E-state index is 0.0111. The molecule has 78 heavy (non-hydrogen) atoms. The summed E-state index contributed by atoms with van der Waals surface area (Å²) in [6.07, 6.45) is -6.06. The van der Waals surface area contributed by atoms with Crippen LogP contribution in [0.3, 0.4) is 0 Å². The van der Waals surface area contributed by atoms with E-state index in [1.807, 2.05) is 49.4 Å². The number of carboxylic acids is 1. The third-order valence-corrected chi connectivity index (χ3v) is 17.2. The Kier molecular flexibility index (Phi) is 21.3. The van der Waals surface area contributed by atoms with E-state index in [-0.39, 0.29) is 67.3 Å². The number of carboxylic acid groups (broad SMARTS) is 1. The quantitative estimate of drug-likeness (QED) is 0.0846. The van der Waals surface area contributed by atoms with Crippen LogP contribution in [0.2, 0.25) is 5.02 Å². The van der Waals surface area contributed by atoms with Gasteiger partial charge in [0.2, 0.25) is 5.43 Å². The number of nitrogens with zero attached hydrogens (tertiary/aromatic N) is 3. The number of carbonyl (C=O) groups is 3. The Hall–Kier alpha value is -3.55. The van der Waals surface area contributed by atoms with Gasteiger partial charge >= 0.3 is 17.9 Å². The van der Waals surface area contributed by atoms with Gasteiger partial charge in [0.15, 0.2) is 18.7 Å². The lowest BCUT2D eigenvalue weighted by atomic mass is 9.77. The molecule has 0 unspecified atom stereocenters. The van der Waals surface area contributed by atoms with Gasteiger partial charge in [-0.1, -0.05) is 32.4 Å². The first kappa shape index (κ1) is 63.6. The van der Waals surface area contributed by atoms with Crippen LogP contribution in [0.15, 0.2) is 23.1 Å². The van der Waals surface area contributed by atoms with Crippen LogP contribution < -0.4 is 16.1 Å². The van der Waals surface area contributed by atoms with E-state index < -0.39 is 113 Å². The van der Waals surface area contributed by atoms with Crippen molar-refractivity contribution in [2.75, 3.05) is 59.7 Å². The molecule has 0 bridgehead atoms. The Morgan fingerprint density at radius 2 is 1.63 bits per heavy atom. The summed E-state index contributed by atoms with van der Waals surface area (Å²) in [5.41, 5.74) is -4.53. The number of benzene rings is 1. The fraction of sp³-hybridized carbons (Fsp3) is 0.786. The number of anilines is 1. The molecule has 3 aliphatic heterocycles. The van der Waals surface area contributed by atoms with Gasteiger partial charge in [-0.25, -0.2) is 4.79 Å². The molecule has 4 heterocycles. The number of aliphatic hydroxyl groups is 4. The highest BCUT2D eigenvalue weighted by atomic mass is 35.5. The number of hydrogen-bond donors (Lipinski definition) is 7. The van der Waals surface area contributed by atoms with E-state index >= 15 is 0 Å². The summed E-state index contributed by atoms with van der Waals surface area (Å²) in [6.45, 7) is 18.9. The number of pyridine rings is 1. The molecule has 1 aromatic heterocycles. The van der Waals surface area contributed by atoms with Gasteiger partial charge < -0.3 is 83.7 Å². The summed E-state index contributed by atoms with van der Waals surface area (Å²) in [6, 6.07) is 2.45. The topological polar surface area (TPSA) is 270 Å². The van der Waals surface area contributed by atoms with E-state index in [1.165, 1.54) is 20.2 Å². The van der Waals surface area contributed by atoms with Crippen LogP contribution >= 0.6 is 11.6 Å². The molecule has 3 saturated heterocycles. The zero-order valence-corrected chi connectivity index (χ0v) is 49.0. The Morgan fingerprint density at radius 3 is 2.24 bits per heavy atom. The number of hydrogen-bond acceptors (Lipinski definition) is 19. The average molecular weight is 1120 g/mol. The first-order valence-electron chi connectivity index (χ1n) is 27.8. The maximum atomic E-state index is 14.6. The normalized spacial score (nSPS) is 37.8. The lowest BCUT2D eigenvalue weighted by Crippen LogP contribution is -2.61. The number of carbonyl (C=O) groups excluding carboxylic acids is 2. The van der Waals surface area contributed by atoms with Gasteiger partial charge in [0.05, 0.1) is 58.6 Å². The molecule has 0 radical (unpaired) electrons. The van der Waals surface area contributed by atoms with E-state index in [2.05, 4.69) is 10.6 Å². The van der Waals surface area contributed by atoms with Crippen molar-refractivity contribution in [3.63, 3.8) is 0 Å². The Bertz CT molecular complexity index is 2440. The number of rotatable bonds is 17. The number of aliphatic hydroxyl groups excluding tert-OH is 2. The van der Waals surface area contributed by atoms with Crippen LogP contribution in [0.5, 0.6) is 0 Å². The van der Waals surface area contributed by atoms with Gasteiger partial charge in [-0.3, -0.25) is 14.4 Å². The van der Waals surface area contributed by atoms with Crippen LogP contribution in [0.4, 0.5) is 5.69 Å². The second-order valence-corrected chi connectivity index (χ2v) is 24.1. The predicted molar refractivity (Wildman–Crippen MR) is 292 cm³/mol. The SMILES string of the molecule is CC[C@H]1OC(=O)[C@H](C)[C@@H](O[C@H]2C[C@@](C)(OC)[C@@H](OC(=O)CCNCCNc3cc4c(=O)c(C(=O)O)cn(C5CC5)c4cc3Cl)[C@H](C)O2)[C@H](C)[C@@H](O[C@@H]2O[C@H](C)C[C@H](N(C)C)[C@H]2O)[C@](C)(O)C[C@@H](C)CN(C)[C@H](C)[C@@H](O)[C@]1(C)O. The molecule has 21 nitrogen and oxygen atoms in total. The maximum Gasteiger partial charge on any atom is 0.341 e. The standard InChI is InChI=1S/C56H90ClN5O16/c1-15-42-56(10,71)48(66)33(6)61(13)27-29(2)25-54(8,70)49(78-53-46(65)41(60(11)12)22-30(3)73-53)31(4)47(32(5)52(69)75-42)77-44-26-55(9,72-14)50(34(7)74-44)76-43(63)18-19-58-20-21-59-39-23-36-40(24-38(39)57)62(35-16-17-35)28-37(45(36)64)51(67)68/h23-24,28-35,41-42,44,46-50,53,58-59,65-66,70-71H,15-22,25-27H2,1-14H3,(H,67,68)/t29-,30-,31+,32-,33-,34+,41+,42-,44+,46-,47+,48-,49-,50+,53+,54-,55-,56-/m1/s1. The minimum atomic E-state index is -1.87. The summed E-state index contributed by atoms with van der Waals surface area (Å²) in [5, 5.41) is 64.9. The van der Waals surface area contributed by atoms with Crippen molar-refractivity contribution >= 4 is 46.1 Å². The summed E-state index contributed by atoms with van der Waals surface area (Å²) in [7, 11) is 7.06. The monoisotopic (exact) mass is 1120 g/mol. The average Bonchev–Trinajstić information content (AvgIpc) is 4.28. The van der Waals surface area contributed by atoms with Crippen molar-refractivity contribution < 1.29 is 73.1 Å². The number of cyclic esters (lactones) is 1. The van der Waals surface area contributed by atoms with Crippen LogP contribution in [0.1, 0.15) is 131 Å². The van der Waals surface area contributed by atoms with Gasteiger partial charge in [-0.15, -0.1) is 0 Å². The fourth-order valence-corrected chi connectivity index (χ4v) is 12.3. The highest BCUT2D eigenvalue weighted by Gasteiger charge is 2.54. The Labute approximate surface area is 464 Å². The Balaban J connectivity index is 1.18. The molecule has 18 atom stereocenters. The number of ether oxygens (including phenoxy) is 7. The van der Waals surface area contributed by atoms with Crippen molar-refractivity contribution in [3.8, 4) is 0 Å². The van der Waals surface area contributed by atoms with Crippen molar-refractivity contribution in [1.82, 2.24) is 19.7 Å². The molecule has 2 aromatic rings. The van der Waals surface area contributed by atoms with Crippen LogP contribution in [-0.2, 0) is 42.7 Å². The molecule has 0 amide bonds. The van der Waals surface area contributed by atoms with Gasteiger partial charge in [0.1, 0.15) is 35.1 Å². The minimum Gasteiger partial charge on any atom is -0.477 e. The third kappa shape index (κ3) is 14.5. The van der Waals surface area contributed by atoms with E-state index in [0.29, 0.717) is 42.3 Å². The molecule has 0 spiro atoms. The van der Waals surface area contributed by atoms with Gasteiger partial charge in [-0.2, -0.15) is 0 Å².